The Labute approximate surface area is 125 Å². The van der Waals surface area contributed by atoms with Gasteiger partial charge in [-0.1, -0.05) is 23.3 Å². The molecular weight excluding hydrogens is 275 g/mol. The second-order valence-electron chi connectivity index (χ2n) is 5.63. The maximum Gasteiger partial charge on any atom is 0.143 e. The summed E-state index contributed by atoms with van der Waals surface area (Å²) in [5.41, 5.74) is 2.18. The molecule has 0 spiro atoms. The highest BCUT2D eigenvalue weighted by molar-refractivity contribution is 6.30. The van der Waals surface area contributed by atoms with Crippen molar-refractivity contribution < 1.29 is 4.39 Å². The minimum atomic E-state index is -0.363. The molecule has 110 valence electrons. The van der Waals surface area contributed by atoms with Crippen LogP contribution < -0.4 is 5.32 Å². The highest BCUT2D eigenvalue weighted by Gasteiger charge is 2.18. The van der Waals surface area contributed by atoms with Gasteiger partial charge in [0.2, 0.25) is 0 Å². The molecule has 0 aromatic heterocycles. The molecule has 1 N–H and O–H groups in total. The van der Waals surface area contributed by atoms with Gasteiger partial charge in [0, 0.05) is 31.4 Å². The molecule has 0 bridgehead atoms. The van der Waals surface area contributed by atoms with E-state index < -0.39 is 0 Å². The van der Waals surface area contributed by atoms with Gasteiger partial charge in [-0.15, -0.1) is 0 Å². The zero-order chi connectivity index (χ0) is 14.5. The molecule has 0 unspecified atom stereocenters. The van der Waals surface area contributed by atoms with Crippen LogP contribution in [0.4, 0.5) is 10.1 Å². The molecule has 0 atom stereocenters. The van der Waals surface area contributed by atoms with E-state index in [1.807, 2.05) is 6.07 Å². The number of likely N-dealkylation sites (tertiary alicyclic amines) is 1. The van der Waals surface area contributed by atoms with Crippen LogP contribution in [0.2, 0.25) is 5.02 Å². The minimum absolute atomic E-state index is 0.173. The number of piperidine rings is 1. The Morgan fingerprint density at radius 2 is 2.10 bits per heavy atom. The molecule has 2 nitrogen and oxygen atoms in total. The van der Waals surface area contributed by atoms with Gasteiger partial charge >= 0.3 is 0 Å². The first kappa shape index (κ1) is 15.3. The fourth-order valence-electron chi connectivity index (χ4n) is 2.39. The maximum absolute atomic E-state index is 13.4. The van der Waals surface area contributed by atoms with E-state index in [0.717, 1.165) is 38.2 Å². The Kier molecular flexibility index (Phi) is 5.44. The number of anilines is 1. The van der Waals surface area contributed by atoms with Gasteiger partial charge in [-0.25, -0.2) is 4.39 Å². The standard InChI is InChI=1S/C16H22ClFN2/c1-12(2)5-8-20-9-6-13(7-10-20)19-14-3-4-15(17)16(18)11-14/h3-5,11,13,19H,6-10H2,1-2H3. The van der Waals surface area contributed by atoms with Crippen LogP contribution in [0, 0.1) is 5.82 Å². The number of allylic oxidation sites excluding steroid dienone is 1. The van der Waals surface area contributed by atoms with E-state index in [0.29, 0.717) is 6.04 Å². The lowest BCUT2D eigenvalue weighted by molar-refractivity contribution is 0.240. The maximum atomic E-state index is 13.4. The van der Waals surface area contributed by atoms with E-state index in [2.05, 4.69) is 30.1 Å². The van der Waals surface area contributed by atoms with Crippen LogP contribution in [-0.4, -0.2) is 30.6 Å². The van der Waals surface area contributed by atoms with Gasteiger partial charge in [0.15, 0.2) is 0 Å². The van der Waals surface area contributed by atoms with Crippen molar-refractivity contribution in [3.63, 3.8) is 0 Å². The largest absolute Gasteiger partial charge is 0.382 e. The quantitative estimate of drug-likeness (QED) is 0.832. The molecule has 1 aromatic carbocycles. The lowest BCUT2D eigenvalue weighted by Gasteiger charge is -2.32. The summed E-state index contributed by atoms with van der Waals surface area (Å²) in [6, 6.07) is 5.32. The number of nitrogens with zero attached hydrogens (tertiary/aromatic N) is 1. The molecule has 1 fully saturated rings. The van der Waals surface area contributed by atoms with Crippen molar-refractivity contribution in [3.8, 4) is 0 Å². The molecule has 0 saturated carbocycles. The van der Waals surface area contributed by atoms with Crippen molar-refractivity contribution in [3.05, 3.63) is 40.7 Å². The summed E-state index contributed by atoms with van der Waals surface area (Å²) in [5, 5.41) is 3.57. The lowest BCUT2D eigenvalue weighted by Crippen LogP contribution is -2.39. The van der Waals surface area contributed by atoms with E-state index in [9.17, 15) is 4.39 Å². The number of hydrogen-bond acceptors (Lipinski definition) is 2. The van der Waals surface area contributed by atoms with E-state index >= 15 is 0 Å². The van der Waals surface area contributed by atoms with Crippen LogP contribution in [-0.2, 0) is 0 Å². The number of nitrogens with one attached hydrogen (secondary N) is 1. The monoisotopic (exact) mass is 296 g/mol. The predicted octanol–water partition coefficient (Wildman–Crippen LogP) is 4.32. The third-order valence-corrected chi connectivity index (χ3v) is 3.94. The van der Waals surface area contributed by atoms with Crippen LogP contribution in [0.5, 0.6) is 0 Å². The lowest BCUT2D eigenvalue weighted by atomic mass is 10.0. The second-order valence-corrected chi connectivity index (χ2v) is 6.04. The number of halogens is 2. The predicted molar refractivity (Wildman–Crippen MR) is 83.9 cm³/mol. The van der Waals surface area contributed by atoms with Crippen molar-refractivity contribution in [2.45, 2.75) is 32.7 Å². The number of rotatable bonds is 4. The van der Waals surface area contributed by atoms with Crippen molar-refractivity contribution >= 4 is 17.3 Å². The molecule has 1 aromatic rings. The molecule has 1 saturated heterocycles. The normalized spacial score (nSPS) is 17.0. The van der Waals surface area contributed by atoms with Crippen LogP contribution in [0.3, 0.4) is 0 Å². The smallest absolute Gasteiger partial charge is 0.143 e. The molecule has 4 heteroatoms. The molecular formula is C16H22ClFN2. The van der Waals surface area contributed by atoms with Crippen LogP contribution in [0.25, 0.3) is 0 Å². The Balaban J connectivity index is 1.82. The summed E-state index contributed by atoms with van der Waals surface area (Å²) in [5.74, 6) is -0.363. The molecule has 0 amide bonds. The second kappa shape index (κ2) is 7.09. The van der Waals surface area contributed by atoms with E-state index in [-0.39, 0.29) is 10.8 Å². The third-order valence-electron chi connectivity index (χ3n) is 3.64. The summed E-state index contributed by atoms with van der Waals surface area (Å²) in [6.07, 6.45) is 4.43. The SMILES string of the molecule is CC(C)=CCN1CCC(Nc2ccc(Cl)c(F)c2)CC1. The van der Waals surface area contributed by atoms with E-state index in [4.69, 9.17) is 11.6 Å². The Morgan fingerprint density at radius 1 is 1.40 bits per heavy atom. The number of benzene rings is 1. The first-order valence-electron chi connectivity index (χ1n) is 7.12. The Bertz CT molecular complexity index is 475. The molecule has 20 heavy (non-hydrogen) atoms. The first-order chi connectivity index (χ1) is 9.54. The molecule has 2 rings (SSSR count). The fourth-order valence-corrected chi connectivity index (χ4v) is 2.51. The van der Waals surface area contributed by atoms with Crippen LogP contribution in [0.1, 0.15) is 26.7 Å². The fraction of sp³-hybridized carbons (Fsp3) is 0.500. The molecule has 0 aliphatic carbocycles. The van der Waals surface area contributed by atoms with Gasteiger partial charge in [-0.2, -0.15) is 0 Å². The summed E-state index contributed by atoms with van der Waals surface area (Å²) in [4.78, 5) is 2.45. The van der Waals surface area contributed by atoms with Crippen molar-refractivity contribution in [2.75, 3.05) is 25.0 Å². The van der Waals surface area contributed by atoms with E-state index in [1.54, 1.807) is 6.07 Å². The Morgan fingerprint density at radius 3 is 2.70 bits per heavy atom. The molecule has 0 radical (unpaired) electrons. The summed E-state index contributed by atoms with van der Waals surface area (Å²) in [7, 11) is 0. The zero-order valence-corrected chi connectivity index (χ0v) is 12.9. The number of hydrogen-bond donors (Lipinski definition) is 1. The first-order valence-corrected chi connectivity index (χ1v) is 7.49. The van der Waals surface area contributed by atoms with Crippen LogP contribution in [0.15, 0.2) is 29.8 Å². The summed E-state index contributed by atoms with van der Waals surface area (Å²) in [6.45, 7) is 7.45. The van der Waals surface area contributed by atoms with Crippen molar-refractivity contribution in [1.82, 2.24) is 4.90 Å². The van der Waals surface area contributed by atoms with Gasteiger partial charge in [0.1, 0.15) is 5.82 Å². The van der Waals surface area contributed by atoms with E-state index in [1.165, 1.54) is 11.6 Å². The van der Waals surface area contributed by atoms with Gasteiger partial charge in [0.05, 0.1) is 5.02 Å². The average Bonchev–Trinajstić information content (AvgIpc) is 2.42. The van der Waals surface area contributed by atoms with Crippen molar-refractivity contribution in [2.24, 2.45) is 0 Å². The average molecular weight is 297 g/mol. The van der Waals surface area contributed by atoms with Gasteiger partial charge in [-0.3, -0.25) is 4.90 Å². The highest BCUT2D eigenvalue weighted by Crippen LogP contribution is 2.21. The van der Waals surface area contributed by atoms with Crippen LogP contribution >= 0.6 is 11.6 Å². The third kappa shape index (κ3) is 4.50. The van der Waals surface area contributed by atoms with Gasteiger partial charge < -0.3 is 5.32 Å². The molecule has 1 heterocycles. The van der Waals surface area contributed by atoms with Gasteiger partial charge in [-0.05, 0) is 44.9 Å². The topological polar surface area (TPSA) is 15.3 Å². The minimum Gasteiger partial charge on any atom is -0.382 e. The molecule has 1 aliphatic rings. The summed E-state index contributed by atoms with van der Waals surface area (Å²) < 4.78 is 13.4. The Hall–Kier alpha value is -1.06. The zero-order valence-electron chi connectivity index (χ0n) is 12.1. The highest BCUT2D eigenvalue weighted by atomic mass is 35.5. The molecule has 1 aliphatic heterocycles. The summed E-state index contributed by atoms with van der Waals surface area (Å²) >= 11 is 5.69. The van der Waals surface area contributed by atoms with Gasteiger partial charge in [0.25, 0.3) is 0 Å². The van der Waals surface area contributed by atoms with Crippen molar-refractivity contribution in [1.29, 1.82) is 0 Å².